The molecule has 0 atom stereocenters. The molecule has 0 aliphatic rings. The van der Waals surface area contributed by atoms with E-state index in [0.29, 0.717) is 10.9 Å². The molecule has 1 aromatic carbocycles. The Morgan fingerprint density at radius 1 is 1.17 bits per heavy atom. The molecule has 2 heterocycles. The third-order valence-corrected chi connectivity index (χ3v) is 3.98. The van der Waals surface area contributed by atoms with Crippen molar-refractivity contribution < 1.29 is 9.53 Å². The van der Waals surface area contributed by atoms with Crippen molar-refractivity contribution in [3.63, 3.8) is 0 Å². The van der Waals surface area contributed by atoms with Crippen LogP contribution in [0.1, 0.15) is 10.4 Å². The Morgan fingerprint density at radius 2 is 2.00 bits per heavy atom. The SMILES string of the molecule is O=C(OCCn1ccccc1=O)c1cc(=O)[nH]c2ccc(Br)cc12. The van der Waals surface area contributed by atoms with Gasteiger partial charge in [0.2, 0.25) is 5.56 Å². The van der Waals surface area contributed by atoms with Gasteiger partial charge in [0, 0.05) is 33.7 Å². The molecule has 0 saturated heterocycles. The molecular formula is C17H13BrN2O4. The lowest BCUT2D eigenvalue weighted by atomic mass is 10.1. The topological polar surface area (TPSA) is 81.2 Å². The summed E-state index contributed by atoms with van der Waals surface area (Å²) in [5, 5.41) is 0.589. The van der Waals surface area contributed by atoms with Gasteiger partial charge in [0.25, 0.3) is 5.56 Å². The fourth-order valence-corrected chi connectivity index (χ4v) is 2.72. The smallest absolute Gasteiger partial charge is 0.339 e. The number of nitrogens with one attached hydrogen (secondary N) is 1. The first-order valence-electron chi connectivity index (χ1n) is 7.20. The summed E-state index contributed by atoms with van der Waals surface area (Å²) < 4.78 is 7.45. The maximum Gasteiger partial charge on any atom is 0.339 e. The lowest BCUT2D eigenvalue weighted by Crippen LogP contribution is -2.22. The summed E-state index contributed by atoms with van der Waals surface area (Å²) in [6.07, 6.45) is 1.62. The van der Waals surface area contributed by atoms with Gasteiger partial charge in [0.05, 0.1) is 12.1 Å². The lowest BCUT2D eigenvalue weighted by Gasteiger charge is -2.09. The van der Waals surface area contributed by atoms with E-state index in [1.165, 1.54) is 16.7 Å². The highest BCUT2D eigenvalue weighted by molar-refractivity contribution is 9.10. The lowest BCUT2D eigenvalue weighted by molar-refractivity contribution is 0.0492. The van der Waals surface area contributed by atoms with E-state index in [1.54, 1.807) is 36.5 Å². The Hall–Kier alpha value is -2.67. The van der Waals surface area contributed by atoms with Crippen LogP contribution in [0.25, 0.3) is 10.9 Å². The Bertz CT molecular complexity index is 1020. The summed E-state index contributed by atoms with van der Waals surface area (Å²) in [4.78, 5) is 38.3. The van der Waals surface area contributed by atoms with Gasteiger partial charge in [-0.15, -0.1) is 0 Å². The van der Waals surface area contributed by atoms with Gasteiger partial charge in [-0.1, -0.05) is 22.0 Å². The highest BCUT2D eigenvalue weighted by atomic mass is 79.9. The summed E-state index contributed by atoms with van der Waals surface area (Å²) in [7, 11) is 0. The molecule has 0 fully saturated rings. The van der Waals surface area contributed by atoms with Crippen LogP contribution in [0.3, 0.4) is 0 Å². The van der Waals surface area contributed by atoms with E-state index in [9.17, 15) is 14.4 Å². The summed E-state index contributed by atoms with van der Waals surface area (Å²) in [5.74, 6) is -0.604. The molecule has 24 heavy (non-hydrogen) atoms. The molecule has 0 aliphatic heterocycles. The van der Waals surface area contributed by atoms with E-state index >= 15 is 0 Å². The number of pyridine rings is 2. The molecule has 6 nitrogen and oxygen atoms in total. The number of hydrogen-bond acceptors (Lipinski definition) is 4. The van der Waals surface area contributed by atoms with Gasteiger partial charge in [0.15, 0.2) is 0 Å². The molecule has 0 unspecified atom stereocenters. The molecule has 0 aliphatic carbocycles. The van der Waals surface area contributed by atoms with Crippen LogP contribution in [0.5, 0.6) is 0 Å². The number of benzene rings is 1. The van der Waals surface area contributed by atoms with Gasteiger partial charge in [-0.2, -0.15) is 0 Å². The minimum atomic E-state index is -0.604. The molecule has 0 amide bonds. The number of ether oxygens (including phenoxy) is 1. The molecule has 0 bridgehead atoms. The third kappa shape index (κ3) is 3.46. The second-order valence-corrected chi connectivity index (χ2v) is 6.02. The molecule has 0 spiro atoms. The zero-order valence-corrected chi connectivity index (χ0v) is 14.1. The fourth-order valence-electron chi connectivity index (χ4n) is 2.35. The van der Waals surface area contributed by atoms with E-state index in [4.69, 9.17) is 4.74 Å². The number of nitrogens with zero attached hydrogens (tertiary/aromatic N) is 1. The van der Waals surface area contributed by atoms with E-state index in [0.717, 1.165) is 4.47 Å². The molecule has 122 valence electrons. The number of hydrogen-bond donors (Lipinski definition) is 1. The van der Waals surface area contributed by atoms with Crippen molar-refractivity contribution in [3.05, 3.63) is 79.4 Å². The van der Waals surface area contributed by atoms with Crippen molar-refractivity contribution in [2.24, 2.45) is 0 Å². The number of aromatic nitrogens is 2. The molecule has 7 heteroatoms. The average Bonchev–Trinajstić information content (AvgIpc) is 2.56. The second-order valence-electron chi connectivity index (χ2n) is 5.11. The number of fused-ring (bicyclic) bond motifs is 1. The van der Waals surface area contributed by atoms with Gasteiger partial charge in [-0.25, -0.2) is 4.79 Å². The summed E-state index contributed by atoms with van der Waals surface area (Å²) in [6.45, 7) is 0.279. The molecule has 1 N–H and O–H groups in total. The van der Waals surface area contributed by atoms with Crippen molar-refractivity contribution in [2.45, 2.75) is 6.54 Å². The molecule has 2 aromatic heterocycles. The van der Waals surface area contributed by atoms with Gasteiger partial charge >= 0.3 is 5.97 Å². The van der Waals surface area contributed by atoms with Crippen LogP contribution < -0.4 is 11.1 Å². The van der Waals surface area contributed by atoms with Gasteiger partial charge < -0.3 is 14.3 Å². The monoisotopic (exact) mass is 388 g/mol. The second kappa shape index (κ2) is 6.84. The number of esters is 1. The van der Waals surface area contributed by atoms with Crippen LogP contribution in [0, 0.1) is 0 Å². The summed E-state index contributed by atoms with van der Waals surface area (Å²) in [5.41, 5.74) is 0.197. The largest absolute Gasteiger partial charge is 0.460 e. The first-order valence-corrected chi connectivity index (χ1v) is 7.99. The Balaban J connectivity index is 1.81. The van der Waals surface area contributed by atoms with Crippen molar-refractivity contribution in [3.8, 4) is 0 Å². The van der Waals surface area contributed by atoms with E-state index < -0.39 is 5.97 Å². The standard InChI is InChI=1S/C17H13BrN2O4/c18-11-4-5-14-12(9-11)13(10-15(21)19-14)17(23)24-8-7-20-6-2-1-3-16(20)22/h1-6,9-10H,7-8H2,(H,19,21). The molecule has 0 saturated carbocycles. The normalized spacial score (nSPS) is 10.7. The third-order valence-electron chi connectivity index (χ3n) is 3.49. The highest BCUT2D eigenvalue weighted by Crippen LogP contribution is 2.21. The molecule has 3 aromatic rings. The maximum atomic E-state index is 12.3. The molecular weight excluding hydrogens is 376 g/mol. The predicted octanol–water partition coefficient (Wildman–Crippen LogP) is 2.31. The molecule has 3 rings (SSSR count). The number of carbonyl (C=O) groups excluding carboxylic acids is 1. The van der Waals surface area contributed by atoms with Crippen LogP contribution in [0.4, 0.5) is 0 Å². The zero-order chi connectivity index (χ0) is 17.1. The van der Waals surface area contributed by atoms with Crippen LogP contribution >= 0.6 is 15.9 Å². The van der Waals surface area contributed by atoms with Crippen LogP contribution in [0.15, 0.2) is 62.7 Å². The van der Waals surface area contributed by atoms with E-state index in [-0.39, 0.29) is 29.8 Å². The van der Waals surface area contributed by atoms with Crippen LogP contribution in [0.2, 0.25) is 0 Å². The first kappa shape index (κ1) is 16.2. The van der Waals surface area contributed by atoms with Crippen molar-refractivity contribution in [1.29, 1.82) is 0 Å². The van der Waals surface area contributed by atoms with Crippen molar-refractivity contribution in [1.82, 2.24) is 9.55 Å². The number of carbonyl (C=O) groups is 1. The average molecular weight is 389 g/mol. The summed E-state index contributed by atoms with van der Waals surface area (Å²) >= 11 is 3.34. The maximum absolute atomic E-state index is 12.3. The Labute approximate surface area is 144 Å². The number of aromatic amines is 1. The van der Waals surface area contributed by atoms with Crippen LogP contribution in [-0.2, 0) is 11.3 Å². The first-order chi connectivity index (χ1) is 11.5. The summed E-state index contributed by atoms with van der Waals surface area (Å²) in [6, 6.07) is 11.2. The number of H-pyrrole nitrogens is 1. The zero-order valence-electron chi connectivity index (χ0n) is 12.5. The highest BCUT2D eigenvalue weighted by Gasteiger charge is 2.13. The fraction of sp³-hybridized carbons (Fsp3) is 0.118. The quantitative estimate of drug-likeness (QED) is 0.695. The Kier molecular flexibility index (Phi) is 4.61. The van der Waals surface area contributed by atoms with Crippen molar-refractivity contribution >= 4 is 32.8 Å². The number of rotatable bonds is 4. The Morgan fingerprint density at radius 3 is 2.79 bits per heavy atom. The van der Waals surface area contributed by atoms with Gasteiger partial charge in [-0.05, 0) is 24.3 Å². The van der Waals surface area contributed by atoms with E-state index in [1.807, 2.05) is 0 Å². The minimum absolute atomic E-state index is 0.0328. The van der Waals surface area contributed by atoms with Gasteiger partial charge in [-0.3, -0.25) is 9.59 Å². The number of halogens is 1. The molecule has 0 radical (unpaired) electrons. The van der Waals surface area contributed by atoms with Crippen molar-refractivity contribution in [2.75, 3.05) is 6.61 Å². The van der Waals surface area contributed by atoms with E-state index in [2.05, 4.69) is 20.9 Å². The predicted molar refractivity (Wildman–Crippen MR) is 93.3 cm³/mol. The minimum Gasteiger partial charge on any atom is -0.460 e. The van der Waals surface area contributed by atoms with Crippen LogP contribution in [-0.4, -0.2) is 22.1 Å². The van der Waals surface area contributed by atoms with Gasteiger partial charge in [0.1, 0.15) is 6.61 Å².